The number of carbonyl (C=O) groups excluding carboxylic acids is 1. The Morgan fingerprint density at radius 3 is 2.62 bits per heavy atom. The van der Waals surface area contributed by atoms with Crippen LogP contribution in [-0.4, -0.2) is 32.7 Å². The van der Waals surface area contributed by atoms with Crippen molar-refractivity contribution in [1.29, 1.82) is 0 Å². The van der Waals surface area contributed by atoms with Gasteiger partial charge in [-0.15, -0.1) is 12.4 Å². The van der Waals surface area contributed by atoms with E-state index in [9.17, 15) is 18.0 Å². The first-order chi connectivity index (χ1) is 9.43. The molecule has 0 spiro atoms. The number of hydrogen-bond donors (Lipinski definition) is 2. The molecule has 0 heterocycles. The van der Waals surface area contributed by atoms with Crippen LogP contribution in [0.1, 0.15) is 12.0 Å². The smallest absolute Gasteiger partial charge is 0.416 e. The summed E-state index contributed by atoms with van der Waals surface area (Å²) in [6, 6.07) is 4.44. The number of halogens is 4. The van der Waals surface area contributed by atoms with Gasteiger partial charge >= 0.3 is 6.18 Å². The van der Waals surface area contributed by atoms with Crippen molar-refractivity contribution in [3.8, 4) is 5.75 Å². The van der Waals surface area contributed by atoms with Crippen LogP contribution in [0.15, 0.2) is 24.3 Å². The summed E-state index contributed by atoms with van der Waals surface area (Å²) >= 11 is 0. The molecule has 0 radical (unpaired) electrons. The Bertz CT molecular complexity index is 442. The van der Waals surface area contributed by atoms with E-state index in [1.807, 2.05) is 0 Å². The maximum absolute atomic E-state index is 12.5. The Kier molecular flexibility index (Phi) is 8.80. The van der Waals surface area contributed by atoms with E-state index in [-0.39, 0.29) is 30.7 Å². The number of hydrogen-bond acceptors (Lipinski definition) is 3. The van der Waals surface area contributed by atoms with Crippen LogP contribution in [0.25, 0.3) is 0 Å². The van der Waals surface area contributed by atoms with Crippen molar-refractivity contribution in [2.75, 3.05) is 26.7 Å². The molecule has 0 fully saturated rings. The molecule has 1 amide bonds. The molecule has 0 unspecified atom stereocenters. The highest BCUT2D eigenvalue weighted by Crippen LogP contribution is 2.31. The maximum Gasteiger partial charge on any atom is 0.416 e. The molecule has 0 aliphatic heterocycles. The molecule has 1 aromatic carbocycles. The molecule has 4 nitrogen and oxygen atoms in total. The van der Waals surface area contributed by atoms with Crippen LogP contribution in [0.2, 0.25) is 0 Å². The van der Waals surface area contributed by atoms with Crippen LogP contribution in [0, 0.1) is 0 Å². The Labute approximate surface area is 127 Å². The molecule has 1 aromatic rings. The number of nitrogens with one attached hydrogen (secondary N) is 2. The molecule has 0 atom stereocenters. The molecule has 0 bridgehead atoms. The molecule has 0 saturated heterocycles. The van der Waals surface area contributed by atoms with Gasteiger partial charge in [-0.05, 0) is 38.2 Å². The predicted molar refractivity (Wildman–Crippen MR) is 75.7 cm³/mol. The van der Waals surface area contributed by atoms with Gasteiger partial charge in [0.15, 0.2) is 6.61 Å². The lowest BCUT2D eigenvalue weighted by atomic mass is 10.2. The Balaban J connectivity index is 0.00000400. The average molecular weight is 327 g/mol. The van der Waals surface area contributed by atoms with Crippen LogP contribution in [0.5, 0.6) is 5.75 Å². The van der Waals surface area contributed by atoms with Gasteiger partial charge in [0.25, 0.3) is 5.91 Å². The number of alkyl halides is 3. The summed E-state index contributed by atoms with van der Waals surface area (Å²) in [7, 11) is 1.80. The fourth-order valence-corrected chi connectivity index (χ4v) is 1.46. The molecular weight excluding hydrogens is 309 g/mol. The normalized spacial score (nSPS) is 10.7. The molecule has 0 aromatic heterocycles. The summed E-state index contributed by atoms with van der Waals surface area (Å²) in [6.45, 7) is 0.960. The first-order valence-electron chi connectivity index (χ1n) is 6.15. The maximum atomic E-state index is 12.5. The van der Waals surface area contributed by atoms with Crippen LogP contribution < -0.4 is 15.4 Å². The summed E-state index contributed by atoms with van der Waals surface area (Å²) in [6.07, 6.45) is -3.65. The fourth-order valence-electron chi connectivity index (χ4n) is 1.46. The Morgan fingerprint density at radius 1 is 1.29 bits per heavy atom. The third-order valence-electron chi connectivity index (χ3n) is 2.46. The molecule has 0 aliphatic rings. The second-order valence-electron chi connectivity index (χ2n) is 4.12. The zero-order valence-electron chi connectivity index (χ0n) is 11.5. The molecule has 0 aliphatic carbocycles. The van der Waals surface area contributed by atoms with E-state index in [1.165, 1.54) is 12.1 Å². The second-order valence-corrected chi connectivity index (χ2v) is 4.12. The molecule has 1 rings (SSSR count). The van der Waals surface area contributed by atoms with Gasteiger partial charge in [-0.1, -0.05) is 6.07 Å². The molecule has 0 saturated carbocycles. The number of rotatable bonds is 7. The number of benzene rings is 1. The van der Waals surface area contributed by atoms with Gasteiger partial charge in [0.05, 0.1) is 5.56 Å². The third kappa shape index (κ3) is 7.77. The second kappa shape index (κ2) is 9.46. The first-order valence-corrected chi connectivity index (χ1v) is 6.15. The number of carbonyl (C=O) groups is 1. The van der Waals surface area contributed by atoms with E-state index < -0.39 is 11.7 Å². The average Bonchev–Trinajstić information content (AvgIpc) is 2.41. The van der Waals surface area contributed by atoms with Crippen molar-refractivity contribution in [3.63, 3.8) is 0 Å². The van der Waals surface area contributed by atoms with E-state index in [0.717, 1.165) is 25.1 Å². The minimum absolute atomic E-state index is 0. The van der Waals surface area contributed by atoms with Gasteiger partial charge in [0, 0.05) is 6.54 Å². The summed E-state index contributed by atoms with van der Waals surface area (Å²) < 4.78 is 42.4. The SMILES string of the molecule is CNCCCNC(=O)COc1cccc(C(F)(F)F)c1.Cl. The summed E-state index contributed by atoms with van der Waals surface area (Å²) in [5.74, 6) is -0.344. The van der Waals surface area contributed by atoms with Gasteiger partial charge in [0.2, 0.25) is 0 Å². The fraction of sp³-hybridized carbons (Fsp3) is 0.462. The highest BCUT2D eigenvalue weighted by molar-refractivity contribution is 5.85. The van der Waals surface area contributed by atoms with E-state index in [0.29, 0.717) is 6.54 Å². The van der Waals surface area contributed by atoms with Crippen LogP contribution in [-0.2, 0) is 11.0 Å². The summed E-state index contributed by atoms with van der Waals surface area (Å²) in [5, 5.41) is 5.54. The van der Waals surface area contributed by atoms with Crippen molar-refractivity contribution in [2.45, 2.75) is 12.6 Å². The van der Waals surface area contributed by atoms with E-state index in [4.69, 9.17) is 4.74 Å². The minimum Gasteiger partial charge on any atom is -0.484 e. The molecule has 2 N–H and O–H groups in total. The van der Waals surface area contributed by atoms with E-state index in [2.05, 4.69) is 10.6 Å². The Hall–Kier alpha value is -1.47. The molecular formula is C13H18ClF3N2O2. The number of amides is 1. The topological polar surface area (TPSA) is 50.4 Å². The summed E-state index contributed by atoms with van der Waals surface area (Å²) in [4.78, 5) is 11.4. The molecule has 8 heteroatoms. The lowest BCUT2D eigenvalue weighted by Crippen LogP contribution is -2.31. The largest absolute Gasteiger partial charge is 0.484 e. The standard InChI is InChI=1S/C13H17F3N2O2.ClH/c1-17-6-3-7-18-12(19)9-20-11-5-2-4-10(8-11)13(14,15)16;/h2,4-5,8,17H,3,6-7,9H2,1H3,(H,18,19);1H. The Morgan fingerprint density at radius 2 is 2.00 bits per heavy atom. The zero-order chi connectivity index (χ0) is 15.0. The zero-order valence-corrected chi connectivity index (χ0v) is 12.3. The van der Waals surface area contributed by atoms with Gasteiger partial charge in [-0.2, -0.15) is 13.2 Å². The van der Waals surface area contributed by atoms with Crippen LogP contribution in [0.3, 0.4) is 0 Å². The van der Waals surface area contributed by atoms with Crippen LogP contribution in [0.4, 0.5) is 13.2 Å². The molecule has 21 heavy (non-hydrogen) atoms. The van der Waals surface area contributed by atoms with Crippen molar-refractivity contribution in [2.24, 2.45) is 0 Å². The highest BCUT2D eigenvalue weighted by atomic mass is 35.5. The molecule has 120 valence electrons. The van der Waals surface area contributed by atoms with Gasteiger partial charge < -0.3 is 15.4 Å². The predicted octanol–water partition coefficient (Wildman–Crippen LogP) is 2.23. The van der Waals surface area contributed by atoms with Crippen molar-refractivity contribution in [1.82, 2.24) is 10.6 Å². The van der Waals surface area contributed by atoms with Gasteiger partial charge in [-0.25, -0.2) is 0 Å². The van der Waals surface area contributed by atoms with E-state index in [1.54, 1.807) is 7.05 Å². The quantitative estimate of drug-likeness (QED) is 0.756. The first kappa shape index (κ1) is 19.5. The number of ether oxygens (including phenoxy) is 1. The van der Waals surface area contributed by atoms with Crippen molar-refractivity contribution in [3.05, 3.63) is 29.8 Å². The third-order valence-corrected chi connectivity index (χ3v) is 2.46. The monoisotopic (exact) mass is 326 g/mol. The minimum atomic E-state index is -4.42. The summed E-state index contributed by atoms with van der Waals surface area (Å²) in [5.41, 5.74) is -0.801. The van der Waals surface area contributed by atoms with Gasteiger partial charge in [-0.3, -0.25) is 4.79 Å². The highest BCUT2D eigenvalue weighted by Gasteiger charge is 2.30. The van der Waals surface area contributed by atoms with E-state index >= 15 is 0 Å². The van der Waals surface area contributed by atoms with Crippen molar-refractivity contribution >= 4 is 18.3 Å². The van der Waals surface area contributed by atoms with Crippen LogP contribution >= 0.6 is 12.4 Å². The van der Waals surface area contributed by atoms with Gasteiger partial charge in [0.1, 0.15) is 5.75 Å². The lowest BCUT2D eigenvalue weighted by molar-refractivity contribution is -0.137. The lowest BCUT2D eigenvalue weighted by Gasteiger charge is -2.10. The van der Waals surface area contributed by atoms with Crippen molar-refractivity contribution < 1.29 is 22.7 Å².